The first-order valence-electron chi connectivity index (χ1n) is 7.33. The van der Waals surface area contributed by atoms with E-state index in [4.69, 9.17) is 40.2 Å². The monoisotopic (exact) mass is 409 g/mol. The number of thiocarbonyl (C=S) groups is 1. The first-order valence-corrected chi connectivity index (χ1v) is 9.31. The molecule has 1 amide bonds. The van der Waals surface area contributed by atoms with Crippen LogP contribution in [0.25, 0.3) is 6.08 Å². The molecular weight excluding hydrogens is 397 g/mol. The largest absolute Gasteiger partial charge is 0.488 e. The topological polar surface area (TPSA) is 29.5 Å². The van der Waals surface area contributed by atoms with E-state index in [1.165, 1.54) is 16.7 Å². The van der Waals surface area contributed by atoms with E-state index in [0.717, 1.165) is 11.1 Å². The maximum absolute atomic E-state index is 12.2. The molecule has 1 fully saturated rings. The smallest absolute Gasteiger partial charge is 0.265 e. The van der Waals surface area contributed by atoms with Crippen molar-refractivity contribution in [1.29, 1.82) is 0 Å². The first kappa shape index (κ1) is 18.3. The highest BCUT2D eigenvalue weighted by Gasteiger charge is 2.28. The van der Waals surface area contributed by atoms with E-state index < -0.39 is 0 Å². The minimum absolute atomic E-state index is 0.103. The second-order valence-electron chi connectivity index (χ2n) is 5.32. The Hall–Kier alpha value is -1.53. The summed E-state index contributed by atoms with van der Waals surface area (Å²) in [7, 11) is 1.67. The highest BCUT2D eigenvalue weighted by molar-refractivity contribution is 8.26. The standard InChI is InChI=1S/C18H13Cl2NO2S2/c1-21-17(22)16(25-18(21)24)9-12-4-2-3-5-15(12)23-10-11-6-7-13(19)14(20)8-11/h2-9H,10H2,1H3. The highest BCUT2D eigenvalue weighted by atomic mass is 35.5. The van der Waals surface area contributed by atoms with E-state index in [1.54, 1.807) is 25.3 Å². The Morgan fingerprint density at radius 3 is 2.64 bits per heavy atom. The molecule has 0 spiro atoms. The number of rotatable bonds is 4. The number of hydrogen-bond donors (Lipinski definition) is 0. The van der Waals surface area contributed by atoms with Gasteiger partial charge in [0.2, 0.25) is 0 Å². The number of carbonyl (C=O) groups excluding carboxylic acids is 1. The van der Waals surface area contributed by atoms with Crippen LogP contribution in [0, 0.1) is 0 Å². The summed E-state index contributed by atoms with van der Waals surface area (Å²) in [6, 6.07) is 12.9. The first-order chi connectivity index (χ1) is 12.0. The molecule has 0 unspecified atom stereocenters. The molecule has 0 N–H and O–H groups in total. The number of thioether (sulfide) groups is 1. The average Bonchev–Trinajstić information content (AvgIpc) is 2.84. The van der Waals surface area contributed by atoms with E-state index in [1.807, 2.05) is 30.3 Å². The molecule has 3 nitrogen and oxygen atoms in total. The lowest BCUT2D eigenvalue weighted by molar-refractivity contribution is -0.121. The fraction of sp³-hybridized carbons (Fsp3) is 0.111. The van der Waals surface area contributed by atoms with Crippen molar-refractivity contribution >= 4 is 63.5 Å². The van der Waals surface area contributed by atoms with Crippen LogP contribution in [-0.4, -0.2) is 22.2 Å². The summed E-state index contributed by atoms with van der Waals surface area (Å²) in [6.45, 7) is 0.344. The van der Waals surface area contributed by atoms with Crippen LogP contribution in [0.15, 0.2) is 47.4 Å². The number of carbonyl (C=O) groups is 1. The maximum atomic E-state index is 12.2. The Bertz CT molecular complexity index is 883. The van der Waals surface area contributed by atoms with Gasteiger partial charge in [0, 0.05) is 12.6 Å². The summed E-state index contributed by atoms with van der Waals surface area (Å²) in [5, 5.41) is 0.995. The minimum atomic E-state index is -0.103. The van der Waals surface area contributed by atoms with Crippen LogP contribution in [0.2, 0.25) is 10.0 Å². The Balaban J connectivity index is 1.81. The molecule has 0 atom stereocenters. The SMILES string of the molecule is CN1C(=O)C(=Cc2ccccc2OCc2ccc(Cl)c(Cl)c2)SC1=S. The maximum Gasteiger partial charge on any atom is 0.265 e. The number of nitrogens with zero attached hydrogens (tertiary/aromatic N) is 1. The van der Waals surface area contributed by atoms with Crippen LogP contribution < -0.4 is 4.74 Å². The van der Waals surface area contributed by atoms with Gasteiger partial charge in [-0.2, -0.15) is 0 Å². The molecule has 0 aromatic heterocycles. The fourth-order valence-corrected chi connectivity index (χ4v) is 3.70. The summed E-state index contributed by atoms with van der Waals surface area (Å²) >= 11 is 18.4. The number of ether oxygens (including phenoxy) is 1. The molecule has 7 heteroatoms. The van der Waals surface area contributed by atoms with Gasteiger partial charge in [0.15, 0.2) is 0 Å². The van der Waals surface area contributed by atoms with Gasteiger partial charge in [-0.3, -0.25) is 9.69 Å². The molecule has 1 aliphatic heterocycles. The summed E-state index contributed by atoms with van der Waals surface area (Å²) in [5.41, 5.74) is 1.72. The fourth-order valence-electron chi connectivity index (χ4n) is 2.21. The van der Waals surface area contributed by atoms with Crippen molar-refractivity contribution in [1.82, 2.24) is 4.90 Å². The van der Waals surface area contributed by atoms with Crippen LogP contribution in [-0.2, 0) is 11.4 Å². The van der Waals surface area contributed by atoms with Gasteiger partial charge in [-0.05, 0) is 29.8 Å². The highest BCUT2D eigenvalue weighted by Crippen LogP contribution is 2.33. The van der Waals surface area contributed by atoms with Crippen molar-refractivity contribution in [2.75, 3.05) is 7.05 Å². The van der Waals surface area contributed by atoms with Gasteiger partial charge in [0.25, 0.3) is 5.91 Å². The van der Waals surface area contributed by atoms with Crippen molar-refractivity contribution in [2.24, 2.45) is 0 Å². The molecule has 1 heterocycles. The normalized spacial score (nSPS) is 16.0. The van der Waals surface area contributed by atoms with Crippen LogP contribution in [0.3, 0.4) is 0 Å². The van der Waals surface area contributed by atoms with E-state index >= 15 is 0 Å². The third kappa shape index (κ3) is 4.18. The number of amides is 1. The minimum Gasteiger partial charge on any atom is -0.488 e. The lowest BCUT2D eigenvalue weighted by atomic mass is 10.1. The van der Waals surface area contributed by atoms with Gasteiger partial charge < -0.3 is 4.74 Å². The van der Waals surface area contributed by atoms with Crippen molar-refractivity contribution in [3.63, 3.8) is 0 Å². The van der Waals surface area contributed by atoms with Gasteiger partial charge >= 0.3 is 0 Å². The summed E-state index contributed by atoms with van der Waals surface area (Å²) < 4.78 is 6.45. The summed E-state index contributed by atoms with van der Waals surface area (Å²) in [5.74, 6) is 0.573. The van der Waals surface area contributed by atoms with E-state index in [0.29, 0.717) is 31.6 Å². The number of para-hydroxylation sites is 1. The van der Waals surface area contributed by atoms with Gasteiger partial charge in [-0.15, -0.1) is 0 Å². The lowest BCUT2D eigenvalue weighted by Gasteiger charge is -2.10. The van der Waals surface area contributed by atoms with Crippen molar-refractivity contribution < 1.29 is 9.53 Å². The van der Waals surface area contributed by atoms with Crippen LogP contribution >= 0.6 is 47.2 Å². The Kier molecular flexibility index (Phi) is 5.69. The third-order valence-corrected chi connectivity index (χ3v) is 5.79. The average molecular weight is 410 g/mol. The van der Waals surface area contributed by atoms with Gasteiger partial charge in [0.1, 0.15) is 16.7 Å². The predicted molar refractivity (Wildman–Crippen MR) is 108 cm³/mol. The Labute approximate surface area is 165 Å². The quantitative estimate of drug-likeness (QED) is 0.499. The molecule has 0 saturated carbocycles. The van der Waals surface area contributed by atoms with Crippen LogP contribution in [0.5, 0.6) is 5.75 Å². The van der Waals surface area contributed by atoms with Crippen LogP contribution in [0.1, 0.15) is 11.1 Å². The van der Waals surface area contributed by atoms with Crippen molar-refractivity contribution in [3.8, 4) is 5.75 Å². The van der Waals surface area contributed by atoms with E-state index in [2.05, 4.69) is 0 Å². The van der Waals surface area contributed by atoms with E-state index in [9.17, 15) is 4.79 Å². The number of benzene rings is 2. The van der Waals surface area contributed by atoms with Gasteiger partial charge in [0.05, 0.1) is 15.0 Å². The van der Waals surface area contributed by atoms with Crippen molar-refractivity contribution in [2.45, 2.75) is 6.61 Å². The van der Waals surface area contributed by atoms with Gasteiger partial charge in [-0.25, -0.2) is 0 Å². The summed E-state index contributed by atoms with van der Waals surface area (Å²) in [4.78, 5) is 14.2. The van der Waals surface area contributed by atoms with Crippen LogP contribution in [0.4, 0.5) is 0 Å². The zero-order valence-electron chi connectivity index (χ0n) is 13.2. The number of hydrogen-bond acceptors (Lipinski definition) is 4. The van der Waals surface area contributed by atoms with Gasteiger partial charge in [-0.1, -0.05) is 71.4 Å². The molecule has 2 aromatic rings. The Morgan fingerprint density at radius 1 is 1.20 bits per heavy atom. The Morgan fingerprint density at radius 2 is 1.96 bits per heavy atom. The molecule has 0 bridgehead atoms. The molecule has 3 rings (SSSR count). The third-order valence-electron chi connectivity index (χ3n) is 3.57. The number of likely N-dealkylation sites (N-methyl/N-ethyl adjacent to an activating group) is 1. The molecular formula is C18H13Cl2NO2S2. The van der Waals surface area contributed by atoms with Crippen molar-refractivity contribution in [3.05, 3.63) is 68.5 Å². The molecule has 1 aliphatic rings. The molecule has 25 heavy (non-hydrogen) atoms. The molecule has 0 aliphatic carbocycles. The summed E-state index contributed by atoms with van der Waals surface area (Å²) in [6.07, 6.45) is 1.80. The zero-order valence-corrected chi connectivity index (χ0v) is 16.3. The lowest BCUT2D eigenvalue weighted by Crippen LogP contribution is -2.22. The molecule has 2 aromatic carbocycles. The second-order valence-corrected chi connectivity index (χ2v) is 7.81. The number of halogens is 2. The molecule has 1 saturated heterocycles. The molecule has 128 valence electrons. The van der Waals surface area contributed by atoms with E-state index in [-0.39, 0.29) is 5.91 Å². The predicted octanol–water partition coefficient (Wildman–Crippen LogP) is 5.40. The molecule has 0 radical (unpaired) electrons. The second kappa shape index (κ2) is 7.79. The zero-order chi connectivity index (χ0) is 18.0.